The molecule has 0 saturated carbocycles. The zero-order chi connectivity index (χ0) is 9.42. The largest absolute Gasteiger partial charge is 0.382 e. The first kappa shape index (κ1) is 8.03. The predicted molar refractivity (Wildman–Crippen MR) is 50.8 cm³/mol. The molecule has 0 bridgehead atoms. The summed E-state index contributed by atoms with van der Waals surface area (Å²) in [7, 11) is 5.66. The smallest absolute Gasteiger partial charge is 0.167 e. The second-order valence-corrected chi connectivity index (χ2v) is 2.65. The Kier molecular flexibility index (Phi) is 1.68. The number of aromatic nitrogens is 4. The molecule has 0 saturated heterocycles. The van der Waals surface area contributed by atoms with Gasteiger partial charge in [0, 0.05) is 6.54 Å². The van der Waals surface area contributed by atoms with Gasteiger partial charge in [-0.3, -0.25) is 0 Å². The predicted octanol–water partition coefficient (Wildman–Crippen LogP) is -0.778. The molecule has 0 aliphatic rings. The molecule has 2 rings (SSSR count). The highest BCUT2D eigenvalue weighted by molar-refractivity contribution is 6.30. The van der Waals surface area contributed by atoms with Crippen LogP contribution in [0.1, 0.15) is 6.92 Å². The number of anilines is 1. The van der Waals surface area contributed by atoms with Crippen LogP contribution in [0.4, 0.5) is 5.82 Å². The van der Waals surface area contributed by atoms with Gasteiger partial charge in [-0.1, -0.05) is 0 Å². The van der Waals surface area contributed by atoms with Gasteiger partial charge in [0.1, 0.15) is 11.8 Å². The van der Waals surface area contributed by atoms with Gasteiger partial charge in [0.2, 0.25) is 0 Å². The van der Waals surface area contributed by atoms with Gasteiger partial charge in [0.25, 0.3) is 0 Å². The van der Waals surface area contributed by atoms with Gasteiger partial charge < -0.3 is 10.3 Å². The molecular weight excluding hydrogens is 165 g/mol. The molecule has 6 heteroatoms. The second-order valence-electron chi connectivity index (χ2n) is 2.65. The van der Waals surface area contributed by atoms with E-state index < -0.39 is 0 Å². The fourth-order valence-electron chi connectivity index (χ4n) is 1.28. The van der Waals surface area contributed by atoms with Crippen molar-refractivity contribution < 1.29 is 0 Å². The lowest BCUT2D eigenvalue weighted by atomic mass is 10.1. The van der Waals surface area contributed by atoms with Crippen LogP contribution in [-0.2, 0) is 6.54 Å². The summed E-state index contributed by atoms with van der Waals surface area (Å²) in [6.45, 7) is 2.69. The number of nitrogen functional groups attached to an aromatic ring is 1. The Balaban J connectivity index is 2.86. The Morgan fingerprint density at radius 1 is 1.54 bits per heavy atom. The van der Waals surface area contributed by atoms with Crippen LogP contribution in [0, 0.1) is 0 Å². The van der Waals surface area contributed by atoms with Crippen molar-refractivity contribution >= 4 is 30.6 Å². The standard InChI is InChI=1S/C7H8BN5/c1-2-13-6-4(12-7(13)8)5(9)10-3-11-6/h3H,2H2,1H3,(H2,9,10,11). The molecule has 13 heavy (non-hydrogen) atoms. The molecule has 2 heterocycles. The van der Waals surface area contributed by atoms with E-state index in [0.717, 1.165) is 6.54 Å². The van der Waals surface area contributed by atoms with E-state index in [4.69, 9.17) is 13.6 Å². The third-order valence-corrected chi connectivity index (χ3v) is 1.91. The number of aryl methyl sites for hydroxylation is 1. The number of hydrogen-bond acceptors (Lipinski definition) is 4. The van der Waals surface area contributed by atoms with Crippen molar-refractivity contribution in [1.82, 2.24) is 19.5 Å². The molecule has 0 aromatic carbocycles. The van der Waals surface area contributed by atoms with E-state index in [0.29, 0.717) is 22.7 Å². The summed E-state index contributed by atoms with van der Waals surface area (Å²) >= 11 is 0. The van der Waals surface area contributed by atoms with Gasteiger partial charge in [0.15, 0.2) is 19.3 Å². The third-order valence-electron chi connectivity index (χ3n) is 1.91. The normalized spacial score (nSPS) is 10.8. The molecule has 5 nitrogen and oxygen atoms in total. The van der Waals surface area contributed by atoms with Crippen molar-refractivity contribution in [3.8, 4) is 0 Å². The van der Waals surface area contributed by atoms with Crippen LogP contribution in [0.5, 0.6) is 0 Å². The second kappa shape index (κ2) is 2.72. The minimum absolute atomic E-state index is 0.365. The summed E-state index contributed by atoms with van der Waals surface area (Å²) in [4.78, 5) is 12.0. The van der Waals surface area contributed by atoms with Crippen molar-refractivity contribution in [2.24, 2.45) is 0 Å². The Labute approximate surface area is 76.4 Å². The van der Waals surface area contributed by atoms with E-state index in [1.54, 1.807) is 4.57 Å². The third kappa shape index (κ3) is 1.06. The summed E-state index contributed by atoms with van der Waals surface area (Å²) in [6.07, 6.45) is 1.41. The average molecular weight is 173 g/mol. The Morgan fingerprint density at radius 3 is 3.00 bits per heavy atom. The van der Waals surface area contributed by atoms with Gasteiger partial charge in [0.05, 0.1) is 5.72 Å². The molecule has 2 N–H and O–H groups in total. The maximum absolute atomic E-state index is 5.66. The van der Waals surface area contributed by atoms with E-state index in [9.17, 15) is 0 Å². The Hall–Kier alpha value is -1.59. The van der Waals surface area contributed by atoms with Crippen LogP contribution in [0.2, 0.25) is 0 Å². The van der Waals surface area contributed by atoms with Crippen LogP contribution in [0.25, 0.3) is 11.2 Å². The van der Waals surface area contributed by atoms with Gasteiger partial charge in [-0.25, -0.2) is 15.0 Å². The number of hydrogen-bond donors (Lipinski definition) is 1. The Morgan fingerprint density at radius 2 is 2.31 bits per heavy atom. The van der Waals surface area contributed by atoms with Crippen molar-refractivity contribution in [3.05, 3.63) is 6.33 Å². The lowest BCUT2D eigenvalue weighted by Crippen LogP contribution is -2.18. The molecule has 2 radical (unpaired) electrons. The lowest BCUT2D eigenvalue weighted by molar-refractivity contribution is 0.802. The van der Waals surface area contributed by atoms with Crippen LogP contribution in [0.15, 0.2) is 6.33 Å². The monoisotopic (exact) mass is 173 g/mol. The van der Waals surface area contributed by atoms with Gasteiger partial charge >= 0.3 is 0 Å². The van der Waals surface area contributed by atoms with Crippen molar-refractivity contribution in [2.45, 2.75) is 13.5 Å². The number of imidazole rings is 1. The topological polar surface area (TPSA) is 69.6 Å². The fraction of sp³-hybridized carbons (Fsp3) is 0.286. The average Bonchev–Trinajstić information content (AvgIpc) is 2.43. The number of fused-ring (bicyclic) bond motifs is 1. The zero-order valence-electron chi connectivity index (χ0n) is 7.23. The van der Waals surface area contributed by atoms with Gasteiger partial charge in [-0.05, 0) is 6.92 Å². The number of nitrogens with zero attached hydrogens (tertiary/aromatic N) is 4. The van der Waals surface area contributed by atoms with Crippen molar-refractivity contribution in [3.63, 3.8) is 0 Å². The molecule has 0 aliphatic heterocycles. The maximum Gasteiger partial charge on any atom is 0.167 e. The van der Waals surface area contributed by atoms with E-state index >= 15 is 0 Å². The molecule has 2 aromatic heterocycles. The van der Waals surface area contributed by atoms with Gasteiger partial charge in [-0.15, -0.1) is 0 Å². The first-order valence-corrected chi connectivity index (χ1v) is 3.96. The summed E-state index contributed by atoms with van der Waals surface area (Å²) in [5.41, 5.74) is 7.29. The first-order valence-electron chi connectivity index (χ1n) is 3.96. The zero-order valence-corrected chi connectivity index (χ0v) is 7.23. The number of nitrogens with two attached hydrogens (primary N) is 1. The molecule has 0 spiro atoms. The van der Waals surface area contributed by atoms with E-state index in [-0.39, 0.29) is 0 Å². The summed E-state index contributed by atoms with van der Waals surface area (Å²) in [6, 6.07) is 0. The lowest BCUT2D eigenvalue weighted by Gasteiger charge is -2.00. The van der Waals surface area contributed by atoms with Crippen molar-refractivity contribution in [2.75, 3.05) is 5.73 Å². The number of rotatable bonds is 1. The summed E-state index contributed by atoms with van der Waals surface area (Å²) in [5.74, 6) is 0.365. The molecule has 0 amide bonds. The van der Waals surface area contributed by atoms with E-state index in [1.807, 2.05) is 6.92 Å². The fourth-order valence-corrected chi connectivity index (χ4v) is 1.28. The highest BCUT2D eigenvalue weighted by atomic mass is 15.1. The highest BCUT2D eigenvalue weighted by Crippen LogP contribution is 2.11. The molecule has 2 aromatic rings. The van der Waals surface area contributed by atoms with Crippen LogP contribution < -0.4 is 11.5 Å². The van der Waals surface area contributed by atoms with Crippen LogP contribution >= 0.6 is 0 Å². The SMILES string of the molecule is [B]c1nc2c(N)ncnc2n1CC. The molecular formula is C7H8BN5. The van der Waals surface area contributed by atoms with Crippen LogP contribution in [-0.4, -0.2) is 27.4 Å². The molecule has 64 valence electrons. The first-order chi connectivity index (χ1) is 6.24. The minimum atomic E-state index is 0.365. The summed E-state index contributed by atoms with van der Waals surface area (Å²) < 4.78 is 1.79. The van der Waals surface area contributed by atoms with Gasteiger partial charge in [-0.2, -0.15) is 0 Å². The minimum Gasteiger partial charge on any atom is -0.382 e. The highest BCUT2D eigenvalue weighted by Gasteiger charge is 2.08. The maximum atomic E-state index is 5.66. The van der Waals surface area contributed by atoms with Crippen LogP contribution in [0.3, 0.4) is 0 Å². The molecule has 0 aliphatic carbocycles. The molecule has 0 fully saturated rings. The Bertz CT molecular complexity index is 449. The molecule has 0 unspecified atom stereocenters. The van der Waals surface area contributed by atoms with E-state index in [1.165, 1.54) is 6.33 Å². The summed E-state index contributed by atoms with van der Waals surface area (Å²) in [5, 5.41) is 0. The molecule has 0 atom stereocenters. The quantitative estimate of drug-likeness (QED) is 0.574. The van der Waals surface area contributed by atoms with Crippen molar-refractivity contribution in [1.29, 1.82) is 0 Å². The van der Waals surface area contributed by atoms with E-state index in [2.05, 4.69) is 15.0 Å².